The normalized spacial score (nSPS) is 10.8. The van der Waals surface area contributed by atoms with Gasteiger partial charge in [-0.25, -0.2) is 0 Å². The van der Waals surface area contributed by atoms with Crippen LogP contribution in [0.3, 0.4) is 0 Å². The van der Waals surface area contributed by atoms with Gasteiger partial charge >= 0.3 is 0 Å². The van der Waals surface area contributed by atoms with Crippen LogP contribution in [0.4, 0.5) is 0 Å². The van der Waals surface area contributed by atoms with E-state index in [1.165, 1.54) is 10.0 Å². The fraction of sp³-hybridized carbons (Fsp3) is 0.462. The van der Waals surface area contributed by atoms with Gasteiger partial charge in [-0.15, -0.1) is 0 Å². The molecule has 0 aromatic heterocycles. The zero-order chi connectivity index (χ0) is 12.7. The monoisotopic (exact) mass is 314 g/mol. The Hall–Kier alpha value is -0.450. The van der Waals surface area contributed by atoms with Crippen molar-refractivity contribution >= 4 is 33.1 Å². The second-order valence-corrected chi connectivity index (χ2v) is 5.63. The van der Waals surface area contributed by atoms with Gasteiger partial charge in [-0.2, -0.15) is 0 Å². The van der Waals surface area contributed by atoms with Crippen LogP contribution < -0.4 is 5.73 Å². The Morgan fingerprint density at radius 1 is 1.35 bits per heavy atom. The van der Waals surface area contributed by atoms with Gasteiger partial charge in [0.15, 0.2) is 0 Å². The molecule has 0 spiro atoms. The van der Waals surface area contributed by atoms with Crippen LogP contribution in [0.25, 0.3) is 0 Å². The average Bonchev–Trinajstić information content (AvgIpc) is 2.27. The zero-order valence-corrected chi connectivity index (χ0v) is 12.6. The van der Waals surface area contributed by atoms with E-state index in [4.69, 9.17) is 18.0 Å². The van der Waals surface area contributed by atoms with Gasteiger partial charge in [-0.1, -0.05) is 46.3 Å². The zero-order valence-electron chi connectivity index (χ0n) is 10.2. The molecule has 4 heteroatoms. The predicted molar refractivity (Wildman–Crippen MR) is 81.1 cm³/mol. The lowest BCUT2D eigenvalue weighted by Crippen LogP contribution is -2.19. The Kier molecular flexibility index (Phi) is 6.70. The highest BCUT2D eigenvalue weighted by Crippen LogP contribution is 2.17. The molecule has 1 rings (SSSR count). The van der Waals surface area contributed by atoms with Crippen LogP contribution in [0.2, 0.25) is 0 Å². The highest BCUT2D eigenvalue weighted by Gasteiger charge is 2.03. The maximum Gasteiger partial charge on any atom is 0.0727 e. The fourth-order valence-electron chi connectivity index (χ4n) is 1.68. The summed E-state index contributed by atoms with van der Waals surface area (Å²) < 4.78 is 1.18. The topological polar surface area (TPSA) is 29.3 Å². The molecule has 0 bridgehead atoms. The Labute approximate surface area is 117 Å². The molecule has 0 saturated heterocycles. The lowest BCUT2D eigenvalue weighted by Gasteiger charge is -2.17. The third-order valence-electron chi connectivity index (χ3n) is 2.61. The lowest BCUT2D eigenvalue weighted by molar-refractivity contribution is 0.319. The average molecular weight is 315 g/mol. The van der Waals surface area contributed by atoms with Gasteiger partial charge in [-0.3, -0.25) is 0 Å². The molecular weight excluding hydrogens is 296 g/mol. The van der Waals surface area contributed by atoms with Gasteiger partial charge in [0.1, 0.15) is 0 Å². The molecule has 0 aliphatic rings. The van der Waals surface area contributed by atoms with E-state index in [0.717, 1.165) is 32.4 Å². The van der Waals surface area contributed by atoms with Gasteiger partial charge in [-0.05, 0) is 44.5 Å². The van der Waals surface area contributed by atoms with E-state index in [1.54, 1.807) is 0 Å². The Bertz CT molecular complexity index is 368. The van der Waals surface area contributed by atoms with E-state index in [2.05, 4.69) is 46.1 Å². The second-order valence-electron chi connectivity index (χ2n) is 4.25. The first-order chi connectivity index (χ1) is 8.09. The number of hydrogen-bond acceptors (Lipinski definition) is 2. The third-order valence-corrected chi connectivity index (χ3v) is 3.59. The molecule has 2 N–H and O–H groups in total. The van der Waals surface area contributed by atoms with E-state index in [0.29, 0.717) is 4.99 Å². The van der Waals surface area contributed by atoms with Gasteiger partial charge in [0, 0.05) is 11.0 Å². The van der Waals surface area contributed by atoms with Crippen LogP contribution >= 0.6 is 28.1 Å². The third kappa shape index (κ3) is 6.15. The molecule has 1 aromatic rings. The van der Waals surface area contributed by atoms with E-state index in [1.807, 2.05) is 6.07 Å². The van der Waals surface area contributed by atoms with Crippen LogP contribution in [0.1, 0.15) is 24.8 Å². The van der Waals surface area contributed by atoms with Crippen LogP contribution in [0.15, 0.2) is 28.7 Å². The smallest absolute Gasteiger partial charge is 0.0727 e. The Morgan fingerprint density at radius 3 is 2.71 bits per heavy atom. The molecule has 0 aliphatic carbocycles. The molecule has 0 fully saturated rings. The molecule has 2 nitrogen and oxygen atoms in total. The van der Waals surface area contributed by atoms with Gasteiger partial charge < -0.3 is 10.6 Å². The standard InChI is InChI=1S/C13H19BrN2S/c1-16(9-5-4-8-13(15)17)10-11-6-2-3-7-12(11)14/h2-3,6-7H,4-5,8-10H2,1H3,(H2,15,17). The molecule has 0 amide bonds. The van der Waals surface area contributed by atoms with Crippen molar-refractivity contribution in [1.82, 2.24) is 4.90 Å². The van der Waals surface area contributed by atoms with Gasteiger partial charge in [0.05, 0.1) is 4.99 Å². The SMILES string of the molecule is CN(CCCCC(N)=S)Cc1ccccc1Br. The van der Waals surface area contributed by atoms with Crippen LogP contribution in [-0.4, -0.2) is 23.5 Å². The molecule has 0 unspecified atom stereocenters. The summed E-state index contributed by atoms with van der Waals surface area (Å²) in [6.07, 6.45) is 3.08. The summed E-state index contributed by atoms with van der Waals surface area (Å²) in [5.41, 5.74) is 6.79. The number of nitrogens with zero attached hydrogens (tertiary/aromatic N) is 1. The van der Waals surface area contributed by atoms with Crippen molar-refractivity contribution in [3.8, 4) is 0 Å². The Morgan fingerprint density at radius 2 is 2.06 bits per heavy atom. The molecule has 0 radical (unpaired) electrons. The van der Waals surface area contributed by atoms with Crippen LogP contribution in [0.5, 0.6) is 0 Å². The summed E-state index contributed by atoms with van der Waals surface area (Å²) in [6, 6.07) is 8.34. The molecule has 17 heavy (non-hydrogen) atoms. The van der Waals surface area contributed by atoms with Gasteiger partial charge in [0.25, 0.3) is 0 Å². The minimum absolute atomic E-state index is 0.624. The highest BCUT2D eigenvalue weighted by molar-refractivity contribution is 9.10. The number of rotatable bonds is 7. The van der Waals surface area contributed by atoms with Crippen molar-refractivity contribution < 1.29 is 0 Å². The number of unbranched alkanes of at least 4 members (excludes halogenated alkanes) is 1. The van der Waals surface area contributed by atoms with E-state index >= 15 is 0 Å². The Balaban J connectivity index is 2.27. The second kappa shape index (κ2) is 7.80. The maximum absolute atomic E-state index is 5.46. The number of benzene rings is 1. The first-order valence-electron chi connectivity index (χ1n) is 5.80. The van der Waals surface area contributed by atoms with Crippen LogP contribution in [-0.2, 0) is 6.54 Å². The summed E-state index contributed by atoms with van der Waals surface area (Å²) in [6.45, 7) is 2.04. The van der Waals surface area contributed by atoms with Crippen molar-refractivity contribution in [3.05, 3.63) is 34.3 Å². The van der Waals surface area contributed by atoms with E-state index in [9.17, 15) is 0 Å². The summed E-state index contributed by atoms with van der Waals surface area (Å²) in [7, 11) is 2.14. The summed E-state index contributed by atoms with van der Waals surface area (Å²) >= 11 is 8.42. The number of thiocarbonyl (C=S) groups is 1. The first-order valence-corrected chi connectivity index (χ1v) is 7.00. The molecule has 1 aromatic carbocycles. The molecule has 0 saturated carbocycles. The van der Waals surface area contributed by atoms with Crippen molar-refractivity contribution in [2.24, 2.45) is 5.73 Å². The number of hydrogen-bond donors (Lipinski definition) is 1. The van der Waals surface area contributed by atoms with Crippen molar-refractivity contribution in [1.29, 1.82) is 0 Å². The van der Waals surface area contributed by atoms with Crippen LogP contribution in [0, 0.1) is 0 Å². The largest absolute Gasteiger partial charge is 0.393 e. The highest BCUT2D eigenvalue weighted by atomic mass is 79.9. The molecule has 0 atom stereocenters. The predicted octanol–water partition coefficient (Wildman–Crippen LogP) is 3.34. The molecule has 94 valence electrons. The minimum atomic E-state index is 0.624. The summed E-state index contributed by atoms with van der Waals surface area (Å²) in [5, 5.41) is 0. The summed E-state index contributed by atoms with van der Waals surface area (Å²) in [4.78, 5) is 2.94. The minimum Gasteiger partial charge on any atom is -0.393 e. The number of nitrogens with two attached hydrogens (primary N) is 1. The maximum atomic E-state index is 5.46. The van der Waals surface area contributed by atoms with Crippen molar-refractivity contribution in [3.63, 3.8) is 0 Å². The molecule has 0 heterocycles. The van der Waals surface area contributed by atoms with Gasteiger partial charge in [0.2, 0.25) is 0 Å². The van der Waals surface area contributed by atoms with Crippen molar-refractivity contribution in [2.75, 3.05) is 13.6 Å². The van der Waals surface area contributed by atoms with E-state index < -0.39 is 0 Å². The first kappa shape index (κ1) is 14.6. The fourth-order valence-corrected chi connectivity index (χ4v) is 2.23. The quantitative estimate of drug-likeness (QED) is 0.618. The molecule has 0 aliphatic heterocycles. The number of halogens is 1. The summed E-state index contributed by atoms with van der Waals surface area (Å²) in [5.74, 6) is 0. The van der Waals surface area contributed by atoms with Crippen molar-refractivity contribution in [2.45, 2.75) is 25.8 Å². The van der Waals surface area contributed by atoms with E-state index in [-0.39, 0.29) is 0 Å². The molecular formula is C13H19BrN2S. The lowest BCUT2D eigenvalue weighted by atomic mass is 10.2.